The Hall–Kier alpha value is -5.21. The zero-order chi connectivity index (χ0) is 36.6. The maximum absolute atomic E-state index is 16.5. The number of nitrogens with zero attached hydrogens (tertiary/aromatic N) is 6. The topological polar surface area (TPSA) is 122 Å². The fraction of sp³-hybridized carbons (Fsp3) is 0.410. The number of likely N-dealkylation sites (tertiary alicyclic amines) is 3. The van der Waals surface area contributed by atoms with Crippen LogP contribution in [0.4, 0.5) is 8.78 Å². The summed E-state index contributed by atoms with van der Waals surface area (Å²) >= 11 is 0. The summed E-state index contributed by atoms with van der Waals surface area (Å²) in [7, 11) is 3.03. The van der Waals surface area contributed by atoms with E-state index in [1.54, 1.807) is 37.3 Å². The van der Waals surface area contributed by atoms with E-state index in [4.69, 9.17) is 19.2 Å². The van der Waals surface area contributed by atoms with Gasteiger partial charge in [0.15, 0.2) is 0 Å². The fourth-order valence-corrected chi connectivity index (χ4v) is 8.82. The number of nitrogens with one attached hydrogen (secondary N) is 1. The summed E-state index contributed by atoms with van der Waals surface area (Å²) in [6.45, 7) is 7.17. The van der Waals surface area contributed by atoms with Gasteiger partial charge in [-0.3, -0.25) is 24.4 Å². The van der Waals surface area contributed by atoms with Crippen LogP contribution >= 0.6 is 0 Å². The maximum atomic E-state index is 16.5. The summed E-state index contributed by atoms with van der Waals surface area (Å²) in [4.78, 5) is 43.7. The lowest BCUT2D eigenvalue weighted by Crippen LogP contribution is -2.72. The third-order valence-electron chi connectivity index (χ3n) is 11.4. The van der Waals surface area contributed by atoms with E-state index in [2.05, 4.69) is 25.1 Å². The summed E-state index contributed by atoms with van der Waals surface area (Å²) in [6, 6.07) is 11.2. The van der Waals surface area contributed by atoms with Gasteiger partial charge in [-0.05, 0) is 18.6 Å². The molecule has 5 aliphatic rings. The normalized spacial score (nSPS) is 21.0. The van der Waals surface area contributed by atoms with Gasteiger partial charge in [0, 0.05) is 92.9 Å². The Morgan fingerprint density at radius 3 is 2.19 bits per heavy atom. The number of halogens is 2. The first kappa shape index (κ1) is 33.6. The monoisotopic (exact) mass is 723 g/mol. The van der Waals surface area contributed by atoms with Gasteiger partial charge < -0.3 is 24.4 Å². The number of hydrogen-bond donors (Lipinski definition) is 1. The van der Waals surface area contributed by atoms with Crippen molar-refractivity contribution in [2.45, 2.75) is 37.9 Å². The Labute approximate surface area is 305 Å². The number of hydrogen-bond acceptors (Lipinski definition) is 10. The first-order valence-electron chi connectivity index (χ1n) is 17.8. The summed E-state index contributed by atoms with van der Waals surface area (Å²) in [5.74, 6) is 0.0807. The molecule has 2 spiro atoms. The van der Waals surface area contributed by atoms with Crippen molar-refractivity contribution in [3.05, 3.63) is 71.6 Å². The highest BCUT2D eigenvalue weighted by atomic mass is 19.1. The van der Waals surface area contributed by atoms with E-state index >= 15 is 8.78 Å². The number of benzene rings is 2. The van der Waals surface area contributed by atoms with Gasteiger partial charge in [0.2, 0.25) is 23.6 Å². The standard InChI is InChI=1S/C39H39F2N7O5/c1-22(49)47-18-38(19-47)16-46(17-38)14-29-36(51-2)44-28(13-42-29)26-9-5-7-24(35(26)41)23-6-4-8-25(34(23)40)27-12-31-33(37(43-27)52-3)30(15-53-31)48-20-39(21-48)11-10-32(50)45-39/h4-9,12-13,30H,10-11,14-21H2,1-3H3,(H,45,50). The zero-order valence-corrected chi connectivity index (χ0v) is 29.7. The summed E-state index contributed by atoms with van der Waals surface area (Å²) in [5.41, 5.74) is 2.41. The molecule has 4 fully saturated rings. The Balaban J connectivity index is 0.956. The zero-order valence-electron chi connectivity index (χ0n) is 29.7. The van der Waals surface area contributed by atoms with Crippen molar-refractivity contribution in [1.29, 1.82) is 0 Å². The average molecular weight is 724 g/mol. The second-order valence-electron chi connectivity index (χ2n) is 15.1. The minimum atomic E-state index is -0.645. The van der Waals surface area contributed by atoms with Gasteiger partial charge in [-0.2, -0.15) is 0 Å². The molecule has 2 amide bonds. The van der Waals surface area contributed by atoms with Gasteiger partial charge in [-0.1, -0.05) is 24.3 Å². The number of amides is 2. The lowest BCUT2D eigenvalue weighted by atomic mass is 9.73. The van der Waals surface area contributed by atoms with Crippen LogP contribution in [0.5, 0.6) is 17.5 Å². The predicted octanol–water partition coefficient (Wildman–Crippen LogP) is 4.23. The quantitative estimate of drug-likeness (QED) is 0.283. The van der Waals surface area contributed by atoms with Gasteiger partial charge in [0.05, 0.1) is 48.9 Å². The Kier molecular flexibility index (Phi) is 7.89. The van der Waals surface area contributed by atoms with Crippen LogP contribution in [-0.2, 0) is 16.1 Å². The van der Waals surface area contributed by atoms with Crippen LogP contribution in [0.1, 0.15) is 37.1 Å². The highest BCUT2D eigenvalue weighted by molar-refractivity contribution is 5.80. The molecule has 4 aromatic rings. The summed E-state index contributed by atoms with van der Waals surface area (Å²) in [6.07, 6.45) is 2.87. The third-order valence-corrected chi connectivity index (χ3v) is 11.4. The first-order valence-corrected chi connectivity index (χ1v) is 17.8. The van der Waals surface area contributed by atoms with Crippen molar-refractivity contribution < 1.29 is 32.6 Å². The summed E-state index contributed by atoms with van der Waals surface area (Å²) < 4.78 is 50.3. The molecule has 7 heterocycles. The molecule has 274 valence electrons. The molecule has 2 aromatic carbocycles. The van der Waals surface area contributed by atoms with Crippen LogP contribution in [-0.4, -0.2) is 107 Å². The highest BCUT2D eigenvalue weighted by Crippen LogP contribution is 2.48. The number of fused-ring (bicyclic) bond motifs is 1. The van der Waals surface area contributed by atoms with Crippen molar-refractivity contribution in [3.63, 3.8) is 0 Å². The molecule has 1 atom stereocenters. The molecule has 53 heavy (non-hydrogen) atoms. The number of carbonyl (C=O) groups is 2. The number of ether oxygens (including phenoxy) is 3. The SMILES string of the molecule is COc1nc(-c2cccc(-c3cccc(-c4cc5c(c(OC)n4)C(N4CC6(CCC(=O)N6)C4)CO5)c3F)c2F)cnc1CN1CC2(C1)CN(C(C)=O)C2. The molecule has 9 rings (SSSR count). The second kappa shape index (κ2) is 12.4. The van der Waals surface area contributed by atoms with Gasteiger partial charge in [0.25, 0.3) is 0 Å². The molecule has 1 N–H and O–H groups in total. The van der Waals surface area contributed by atoms with Crippen molar-refractivity contribution >= 4 is 11.8 Å². The summed E-state index contributed by atoms with van der Waals surface area (Å²) in [5, 5.41) is 3.11. The second-order valence-corrected chi connectivity index (χ2v) is 15.1. The van der Waals surface area contributed by atoms with E-state index < -0.39 is 11.6 Å². The van der Waals surface area contributed by atoms with Crippen molar-refractivity contribution in [3.8, 4) is 51.2 Å². The molecule has 1 unspecified atom stereocenters. The average Bonchev–Trinajstić information content (AvgIpc) is 3.71. The van der Waals surface area contributed by atoms with Crippen LogP contribution in [0.2, 0.25) is 0 Å². The van der Waals surface area contributed by atoms with Crippen LogP contribution in [0.15, 0.2) is 48.7 Å². The van der Waals surface area contributed by atoms with Crippen molar-refractivity contribution in [2.24, 2.45) is 5.41 Å². The maximum Gasteiger partial charge on any atom is 0.237 e. The van der Waals surface area contributed by atoms with E-state index in [0.717, 1.165) is 38.2 Å². The molecule has 12 nitrogen and oxygen atoms in total. The number of aromatic nitrogens is 3. The van der Waals surface area contributed by atoms with E-state index in [1.807, 2.05) is 4.90 Å². The van der Waals surface area contributed by atoms with Crippen LogP contribution in [0, 0.1) is 17.0 Å². The molecule has 4 saturated heterocycles. The first-order chi connectivity index (χ1) is 25.6. The third kappa shape index (κ3) is 5.57. The minimum absolute atomic E-state index is 0.0628. The molecule has 0 bridgehead atoms. The number of pyridine rings is 1. The molecular formula is C39H39F2N7O5. The van der Waals surface area contributed by atoms with E-state index in [-0.39, 0.29) is 56.8 Å². The Morgan fingerprint density at radius 1 is 0.925 bits per heavy atom. The van der Waals surface area contributed by atoms with Crippen LogP contribution < -0.4 is 19.5 Å². The molecule has 0 radical (unpaired) electrons. The van der Waals surface area contributed by atoms with Crippen LogP contribution in [0.3, 0.4) is 0 Å². The predicted molar refractivity (Wildman–Crippen MR) is 189 cm³/mol. The van der Waals surface area contributed by atoms with E-state index in [1.165, 1.54) is 32.5 Å². The molecule has 5 aliphatic heterocycles. The van der Waals surface area contributed by atoms with Gasteiger partial charge in [-0.15, -0.1) is 0 Å². The van der Waals surface area contributed by atoms with Crippen LogP contribution in [0.25, 0.3) is 33.6 Å². The van der Waals surface area contributed by atoms with Crippen molar-refractivity contribution in [2.75, 3.05) is 60.1 Å². The molecular weight excluding hydrogens is 684 g/mol. The van der Waals surface area contributed by atoms with Gasteiger partial charge >= 0.3 is 0 Å². The largest absolute Gasteiger partial charge is 0.491 e. The highest BCUT2D eigenvalue weighted by Gasteiger charge is 2.53. The lowest BCUT2D eigenvalue weighted by molar-refractivity contribution is -0.157. The lowest BCUT2D eigenvalue weighted by Gasteiger charge is -2.60. The fourth-order valence-electron chi connectivity index (χ4n) is 8.82. The molecule has 0 aliphatic carbocycles. The van der Waals surface area contributed by atoms with E-state index in [0.29, 0.717) is 61.6 Å². The van der Waals surface area contributed by atoms with Gasteiger partial charge in [-0.25, -0.2) is 18.7 Å². The molecule has 14 heteroatoms. The Bertz CT molecular complexity index is 2160. The van der Waals surface area contributed by atoms with E-state index in [9.17, 15) is 9.59 Å². The molecule has 0 saturated carbocycles. The van der Waals surface area contributed by atoms with Gasteiger partial charge in [0.1, 0.15) is 29.7 Å². The number of carbonyl (C=O) groups excluding carboxylic acids is 2. The number of methoxy groups -OCH3 is 2. The van der Waals surface area contributed by atoms with Crippen molar-refractivity contribution in [1.82, 2.24) is 35.0 Å². The Morgan fingerprint density at radius 2 is 1.57 bits per heavy atom. The smallest absolute Gasteiger partial charge is 0.237 e. The molecule has 2 aromatic heterocycles. The number of rotatable bonds is 8. The minimum Gasteiger partial charge on any atom is -0.491 e.